The van der Waals surface area contributed by atoms with Crippen LogP contribution in [0.1, 0.15) is 45.7 Å². The Morgan fingerprint density at radius 2 is 1.91 bits per heavy atom. The third-order valence-electron chi connectivity index (χ3n) is 6.03. The van der Waals surface area contributed by atoms with Crippen LogP contribution in [0.5, 0.6) is 0 Å². The van der Waals surface area contributed by atoms with Gasteiger partial charge < -0.3 is 15.2 Å². The van der Waals surface area contributed by atoms with E-state index in [2.05, 4.69) is 15.3 Å². The number of hydrogen-bond donors (Lipinski definition) is 2. The molecule has 5 rings (SSSR count). The summed E-state index contributed by atoms with van der Waals surface area (Å²) in [6.45, 7) is 1.92. The second kappa shape index (κ2) is 8.44. The van der Waals surface area contributed by atoms with Crippen LogP contribution in [0.3, 0.4) is 0 Å². The number of anilines is 1. The maximum absolute atomic E-state index is 13.2. The van der Waals surface area contributed by atoms with Crippen molar-refractivity contribution in [2.75, 3.05) is 11.9 Å². The highest BCUT2D eigenvalue weighted by molar-refractivity contribution is 7.14. The topological polar surface area (TPSA) is 78.1 Å². The summed E-state index contributed by atoms with van der Waals surface area (Å²) in [6, 6.07) is 17.1. The Balaban J connectivity index is 1.21. The van der Waals surface area contributed by atoms with Crippen molar-refractivity contribution in [2.45, 2.75) is 25.3 Å². The molecular formula is C25H23FN4O2S. The number of thiophene rings is 1. The van der Waals surface area contributed by atoms with Gasteiger partial charge in [-0.2, -0.15) is 0 Å². The van der Waals surface area contributed by atoms with Gasteiger partial charge in [0.15, 0.2) is 0 Å². The Kier molecular flexibility index (Phi) is 5.46. The quantitative estimate of drug-likeness (QED) is 0.422. The summed E-state index contributed by atoms with van der Waals surface area (Å²) in [7, 11) is 1.66. The Hall–Kier alpha value is -3.52. The number of carbonyl (C=O) groups is 2. The first-order chi connectivity index (χ1) is 15.9. The molecule has 2 aromatic carbocycles. The van der Waals surface area contributed by atoms with Gasteiger partial charge >= 0.3 is 0 Å². The maximum Gasteiger partial charge on any atom is 0.268 e. The number of rotatable bonds is 6. The number of hydrogen-bond acceptors (Lipinski definition) is 4. The highest BCUT2D eigenvalue weighted by Crippen LogP contribution is 2.47. The lowest BCUT2D eigenvalue weighted by Crippen LogP contribution is -2.28. The number of imidazole rings is 1. The van der Waals surface area contributed by atoms with Gasteiger partial charge in [-0.1, -0.05) is 12.1 Å². The third-order valence-corrected chi connectivity index (χ3v) is 7.28. The first-order valence-electron chi connectivity index (χ1n) is 10.8. The lowest BCUT2D eigenvalue weighted by atomic mass is 10.2. The number of halogens is 1. The number of carbonyl (C=O) groups excluding carboxylic acids is 2. The number of nitrogens with one attached hydrogen (secondary N) is 2. The summed E-state index contributed by atoms with van der Waals surface area (Å²) < 4.78 is 13.2. The number of para-hydroxylation sites is 2. The van der Waals surface area contributed by atoms with E-state index in [1.54, 1.807) is 25.2 Å². The number of fused-ring (bicyclic) bond motifs is 1. The molecule has 0 bridgehead atoms. The molecule has 0 aliphatic heterocycles. The van der Waals surface area contributed by atoms with Gasteiger partial charge in [-0.15, -0.1) is 11.3 Å². The van der Waals surface area contributed by atoms with Gasteiger partial charge in [0.1, 0.15) is 11.6 Å². The fourth-order valence-corrected chi connectivity index (χ4v) is 4.96. The van der Waals surface area contributed by atoms with Gasteiger partial charge in [-0.25, -0.2) is 9.37 Å². The van der Waals surface area contributed by atoms with E-state index in [1.807, 2.05) is 37.3 Å². The van der Waals surface area contributed by atoms with Gasteiger partial charge in [0.25, 0.3) is 5.91 Å². The molecule has 168 valence electrons. The van der Waals surface area contributed by atoms with Crippen LogP contribution in [-0.4, -0.2) is 28.8 Å². The van der Waals surface area contributed by atoms with Crippen LogP contribution < -0.4 is 10.2 Å². The van der Waals surface area contributed by atoms with Crippen molar-refractivity contribution in [3.05, 3.63) is 82.1 Å². The maximum atomic E-state index is 13.2. The zero-order chi connectivity index (χ0) is 23.1. The zero-order valence-electron chi connectivity index (χ0n) is 18.2. The van der Waals surface area contributed by atoms with Crippen LogP contribution in [0.15, 0.2) is 60.7 Å². The predicted molar refractivity (Wildman–Crippen MR) is 127 cm³/mol. The molecule has 0 spiro atoms. The van der Waals surface area contributed by atoms with E-state index in [0.717, 1.165) is 28.2 Å². The number of nitrogens with zero attached hydrogens (tertiary/aromatic N) is 2. The minimum atomic E-state index is -0.346. The molecule has 1 fully saturated rings. The molecule has 2 N–H and O–H groups in total. The Morgan fingerprint density at radius 3 is 2.67 bits per heavy atom. The molecule has 2 aromatic heterocycles. The van der Waals surface area contributed by atoms with Crippen molar-refractivity contribution in [1.82, 2.24) is 15.3 Å². The summed E-state index contributed by atoms with van der Waals surface area (Å²) >= 11 is 1.35. The number of aromatic nitrogens is 2. The first kappa shape index (κ1) is 21.3. The van der Waals surface area contributed by atoms with Crippen LogP contribution >= 0.6 is 11.3 Å². The van der Waals surface area contributed by atoms with E-state index in [0.29, 0.717) is 10.6 Å². The number of H-pyrrole nitrogens is 1. The number of amides is 2. The smallest absolute Gasteiger partial charge is 0.268 e. The van der Waals surface area contributed by atoms with Gasteiger partial charge in [-0.3, -0.25) is 9.59 Å². The van der Waals surface area contributed by atoms with E-state index < -0.39 is 0 Å². The summed E-state index contributed by atoms with van der Waals surface area (Å²) in [6.07, 6.45) is 0.773. The van der Waals surface area contributed by atoms with Crippen molar-refractivity contribution in [3.63, 3.8) is 0 Å². The van der Waals surface area contributed by atoms with E-state index >= 15 is 0 Å². The molecule has 0 saturated heterocycles. The zero-order valence-corrected chi connectivity index (χ0v) is 19.0. The highest BCUT2D eigenvalue weighted by atomic mass is 32.1. The minimum Gasteiger partial charge on any atom is -0.349 e. The van der Waals surface area contributed by atoms with Crippen molar-refractivity contribution >= 4 is 39.9 Å². The van der Waals surface area contributed by atoms with E-state index in [-0.39, 0.29) is 35.5 Å². The molecule has 0 radical (unpaired) electrons. The van der Waals surface area contributed by atoms with Crippen LogP contribution in [0.4, 0.5) is 10.1 Å². The lowest BCUT2D eigenvalue weighted by molar-refractivity contribution is -0.123. The molecule has 2 heterocycles. The Bertz CT molecular complexity index is 1300. The fourth-order valence-electron chi connectivity index (χ4n) is 3.97. The second-order valence-electron chi connectivity index (χ2n) is 8.36. The van der Waals surface area contributed by atoms with Crippen molar-refractivity contribution in [3.8, 4) is 0 Å². The molecule has 8 heteroatoms. The second-order valence-corrected chi connectivity index (χ2v) is 9.48. The summed E-state index contributed by atoms with van der Waals surface area (Å²) in [5, 5.41) is 3.07. The summed E-state index contributed by atoms with van der Waals surface area (Å²) in [5.41, 5.74) is 2.50. The van der Waals surface area contributed by atoms with Gasteiger partial charge in [0, 0.05) is 29.4 Å². The molecule has 3 atom stereocenters. The van der Waals surface area contributed by atoms with Gasteiger partial charge in [0.05, 0.1) is 22.0 Å². The molecule has 4 aromatic rings. The minimum absolute atomic E-state index is 0.00216. The highest BCUT2D eigenvalue weighted by Gasteiger charge is 2.46. The Morgan fingerprint density at radius 1 is 1.15 bits per heavy atom. The van der Waals surface area contributed by atoms with Gasteiger partial charge in [-0.05, 0) is 61.9 Å². The molecule has 1 aliphatic carbocycles. The van der Waals surface area contributed by atoms with E-state index in [1.165, 1.54) is 28.4 Å². The fraction of sp³-hybridized carbons (Fsp3) is 0.240. The molecule has 1 saturated carbocycles. The summed E-state index contributed by atoms with van der Waals surface area (Å²) in [5.74, 6) is 0.340. The normalized spacial score (nSPS) is 18.2. The van der Waals surface area contributed by atoms with Crippen molar-refractivity contribution < 1.29 is 14.0 Å². The van der Waals surface area contributed by atoms with Crippen LogP contribution in [0.2, 0.25) is 0 Å². The van der Waals surface area contributed by atoms with Crippen LogP contribution in [0, 0.1) is 11.7 Å². The molecule has 33 heavy (non-hydrogen) atoms. The number of benzene rings is 2. The summed E-state index contributed by atoms with van der Waals surface area (Å²) in [4.78, 5) is 36.5. The first-order valence-corrected chi connectivity index (χ1v) is 11.6. The van der Waals surface area contributed by atoms with Crippen molar-refractivity contribution in [2.24, 2.45) is 5.92 Å². The average Bonchev–Trinajstić information content (AvgIpc) is 3.26. The third kappa shape index (κ3) is 4.26. The molecule has 1 aliphatic rings. The largest absolute Gasteiger partial charge is 0.349 e. The molecule has 6 nitrogen and oxygen atoms in total. The SMILES string of the molecule is C[C@@H](NC(=O)[C@H]1C[C@@H]1c1nc2ccccc2[nH]1)c1ccc(C(=O)N(C)c2ccc(F)cc2)s1. The monoisotopic (exact) mass is 462 g/mol. The lowest BCUT2D eigenvalue weighted by Gasteiger charge is -2.16. The van der Waals surface area contributed by atoms with E-state index in [9.17, 15) is 14.0 Å². The molecular weight excluding hydrogens is 439 g/mol. The van der Waals surface area contributed by atoms with Crippen LogP contribution in [0.25, 0.3) is 11.0 Å². The van der Waals surface area contributed by atoms with Gasteiger partial charge in [0.2, 0.25) is 5.91 Å². The number of aromatic amines is 1. The van der Waals surface area contributed by atoms with Crippen molar-refractivity contribution in [1.29, 1.82) is 0 Å². The molecule has 0 unspecified atom stereocenters. The van der Waals surface area contributed by atoms with E-state index in [4.69, 9.17) is 0 Å². The average molecular weight is 463 g/mol. The predicted octanol–water partition coefficient (Wildman–Crippen LogP) is 5.02. The standard InChI is InChI=1S/C25H23FN4O2S/c1-14(21-11-12-22(33-21)25(32)30(2)16-9-7-15(26)8-10-16)27-24(31)18-13-17(18)23-28-19-5-3-4-6-20(19)29-23/h3-12,14,17-18H,13H2,1-2H3,(H,27,31)(H,28,29)/t14-,17+,18+/m1/s1. The molecule has 2 amide bonds. The van der Waals surface area contributed by atoms with Crippen LogP contribution in [-0.2, 0) is 4.79 Å². The Labute approximate surface area is 194 Å².